The Morgan fingerprint density at radius 2 is 1.76 bits per heavy atom. The van der Waals surface area contributed by atoms with Gasteiger partial charge in [-0.2, -0.15) is 4.98 Å². The molecule has 1 amide bonds. The number of nitrogens with two attached hydrogens (primary N) is 1. The monoisotopic (exact) mass is 414 g/mol. The maximum atomic E-state index is 12.6. The maximum absolute atomic E-state index is 12.6. The van der Waals surface area contributed by atoms with Gasteiger partial charge in [-0.15, -0.1) is 11.3 Å². The average molecular weight is 414 g/mol. The van der Waals surface area contributed by atoms with Crippen LogP contribution in [0.1, 0.15) is 15.5 Å². The number of benzene rings is 1. The SMILES string of the molecule is COc1cc2nc(N3CCN(C(=O)c4csc(C)n4)CC3)nc(N)c2cc1OC. The van der Waals surface area contributed by atoms with Crippen LogP contribution in [0.15, 0.2) is 17.5 Å². The fourth-order valence-electron chi connectivity index (χ4n) is 3.34. The minimum absolute atomic E-state index is 0.0372. The zero-order valence-corrected chi connectivity index (χ0v) is 17.3. The Bertz CT molecular complexity index is 1060. The Kier molecular flexibility index (Phi) is 5.10. The molecule has 29 heavy (non-hydrogen) atoms. The van der Waals surface area contributed by atoms with Crippen LogP contribution in [-0.4, -0.2) is 66.2 Å². The van der Waals surface area contributed by atoms with E-state index in [1.807, 2.05) is 16.7 Å². The molecule has 2 N–H and O–H groups in total. The summed E-state index contributed by atoms with van der Waals surface area (Å²) in [6, 6.07) is 3.57. The van der Waals surface area contributed by atoms with E-state index in [2.05, 4.69) is 15.0 Å². The Morgan fingerprint density at radius 3 is 2.38 bits per heavy atom. The van der Waals surface area contributed by atoms with Gasteiger partial charge in [0.05, 0.1) is 24.7 Å². The zero-order chi connectivity index (χ0) is 20.5. The molecule has 3 heterocycles. The maximum Gasteiger partial charge on any atom is 0.273 e. The number of rotatable bonds is 4. The summed E-state index contributed by atoms with van der Waals surface area (Å²) >= 11 is 1.48. The van der Waals surface area contributed by atoms with Crippen molar-refractivity contribution in [2.24, 2.45) is 0 Å². The van der Waals surface area contributed by atoms with E-state index in [0.717, 1.165) is 5.01 Å². The Morgan fingerprint density at radius 1 is 1.07 bits per heavy atom. The highest BCUT2D eigenvalue weighted by Crippen LogP contribution is 2.34. The third-order valence-corrected chi connectivity index (χ3v) is 5.68. The van der Waals surface area contributed by atoms with E-state index in [0.29, 0.717) is 66.0 Å². The van der Waals surface area contributed by atoms with Crippen LogP contribution in [0.2, 0.25) is 0 Å². The topological polar surface area (TPSA) is 107 Å². The minimum Gasteiger partial charge on any atom is -0.493 e. The lowest BCUT2D eigenvalue weighted by Crippen LogP contribution is -2.49. The van der Waals surface area contributed by atoms with Crippen molar-refractivity contribution in [3.63, 3.8) is 0 Å². The molecule has 0 aliphatic carbocycles. The van der Waals surface area contributed by atoms with Crippen LogP contribution < -0.4 is 20.1 Å². The number of ether oxygens (including phenoxy) is 2. The van der Waals surface area contributed by atoms with Crippen molar-refractivity contribution in [1.82, 2.24) is 19.9 Å². The van der Waals surface area contributed by atoms with E-state index < -0.39 is 0 Å². The number of aromatic nitrogens is 3. The van der Waals surface area contributed by atoms with Gasteiger partial charge in [-0.3, -0.25) is 4.79 Å². The first-order chi connectivity index (χ1) is 14.0. The van der Waals surface area contributed by atoms with Crippen LogP contribution in [0, 0.1) is 6.92 Å². The van der Waals surface area contributed by atoms with Crippen molar-refractivity contribution in [3.8, 4) is 11.5 Å². The number of thiazole rings is 1. The van der Waals surface area contributed by atoms with Gasteiger partial charge >= 0.3 is 0 Å². The lowest BCUT2D eigenvalue weighted by atomic mass is 10.2. The minimum atomic E-state index is -0.0372. The molecule has 1 aliphatic rings. The number of methoxy groups -OCH3 is 2. The van der Waals surface area contributed by atoms with Gasteiger partial charge in [-0.1, -0.05) is 0 Å². The summed E-state index contributed by atoms with van der Waals surface area (Å²) in [5.41, 5.74) is 7.38. The van der Waals surface area contributed by atoms with Gasteiger partial charge in [-0.25, -0.2) is 9.97 Å². The molecule has 1 fully saturated rings. The number of amides is 1. The normalized spacial score (nSPS) is 14.3. The van der Waals surface area contributed by atoms with E-state index in [9.17, 15) is 4.79 Å². The molecular weight excluding hydrogens is 392 g/mol. The molecular formula is C19H22N6O3S. The molecule has 2 aromatic heterocycles. The first-order valence-corrected chi connectivity index (χ1v) is 10.0. The molecule has 0 saturated carbocycles. The van der Waals surface area contributed by atoms with Crippen LogP contribution >= 0.6 is 11.3 Å². The first kappa shape index (κ1) is 19.2. The van der Waals surface area contributed by atoms with Crippen molar-refractivity contribution >= 4 is 39.9 Å². The molecule has 0 spiro atoms. The smallest absolute Gasteiger partial charge is 0.273 e. The molecule has 10 heteroatoms. The third kappa shape index (κ3) is 3.63. The summed E-state index contributed by atoms with van der Waals surface area (Å²) in [4.78, 5) is 29.8. The largest absolute Gasteiger partial charge is 0.493 e. The van der Waals surface area contributed by atoms with Gasteiger partial charge in [0.1, 0.15) is 11.5 Å². The number of aryl methyl sites for hydroxylation is 1. The molecule has 1 aromatic carbocycles. The van der Waals surface area contributed by atoms with Gasteiger partial charge in [-0.05, 0) is 13.0 Å². The fraction of sp³-hybridized carbons (Fsp3) is 0.368. The molecule has 3 aromatic rings. The van der Waals surface area contributed by atoms with Gasteiger partial charge < -0.3 is 25.0 Å². The van der Waals surface area contributed by atoms with Crippen molar-refractivity contribution in [3.05, 3.63) is 28.2 Å². The standard InChI is InChI=1S/C19H22N6O3S/c1-11-21-14(10-29-11)18(26)24-4-6-25(7-5-24)19-22-13-9-16(28-3)15(27-2)8-12(13)17(20)23-19/h8-10H,4-7H2,1-3H3,(H2,20,22,23). The lowest BCUT2D eigenvalue weighted by molar-refractivity contribution is 0.0741. The molecule has 0 bridgehead atoms. The second kappa shape index (κ2) is 7.70. The Hall–Kier alpha value is -3.14. The molecule has 0 unspecified atom stereocenters. The molecule has 9 nitrogen and oxygen atoms in total. The van der Waals surface area contributed by atoms with Gasteiger partial charge in [0.25, 0.3) is 5.91 Å². The number of nitrogen functional groups attached to an aromatic ring is 1. The van der Waals surface area contributed by atoms with Crippen LogP contribution in [0.3, 0.4) is 0 Å². The van der Waals surface area contributed by atoms with Gasteiger partial charge in [0.2, 0.25) is 5.95 Å². The van der Waals surface area contributed by atoms with Crippen LogP contribution in [0.25, 0.3) is 10.9 Å². The van der Waals surface area contributed by atoms with E-state index in [1.54, 1.807) is 31.7 Å². The van der Waals surface area contributed by atoms with E-state index in [4.69, 9.17) is 15.2 Å². The fourth-order valence-corrected chi connectivity index (χ4v) is 3.93. The average Bonchev–Trinajstić information content (AvgIpc) is 3.18. The number of carbonyl (C=O) groups excluding carboxylic acids is 1. The number of anilines is 2. The Balaban J connectivity index is 1.54. The predicted molar refractivity (Wildman–Crippen MR) is 112 cm³/mol. The van der Waals surface area contributed by atoms with Crippen molar-refractivity contribution < 1.29 is 14.3 Å². The summed E-state index contributed by atoms with van der Waals surface area (Å²) < 4.78 is 10.7. The van der Waals surface area contributed by atoms with E-state index >= 15 is 0 Å². The number of carbonyl (C=O) groups is 1. The zero-order valence-electron chi connectivity index (χ0n) is 16.5. The number of nitrogens with zero attached hydrogens (tertiary/aromatic N) is 5. The Labute approximate surface area is 172 Å². The van der Waals surface area contributed by atoms with Crippen LogP contribution in [0.4, 0.5) is 11.8 Å². The summed E-state index contributed by atoms with van der Waals surface area (Å²) in [7, 11) is 3.15. The van der Waals surface area contributed by atoms with Crippen LogP contribution in [0.5, 0.6) is 11.5 Å². The summed E-state index contributed by atoms with van der Waals surface area (Å²) in [6.07, 6.45) is 0. The van der Waals surface area contributed by atoms with Crippen molar-refractivity contribution in [2.45, 2.75) is 6.92 Å². The predicted octanol–water partition coefficient (Wildman–Crippen LogP) is 1.96. The van der Waals surface area contributed by atoms with E-state index in [-0.39, 0.29) is 5.91 Å². The second-order valence-corrected chi connectivity index (χ2v) is 7.73. The van der Waals surface area contributed by atoms with Crippen LogP contribution in [-0.2, 0) is 0 Å². The molecule has 1 aliphatic heterocycles. The van der Waals surface area contributed by atoms with Gasteiger partial charge in [0, 0.05) is 43.0 Å². The highest BCUT2D eigenvalue weighted by Gasteiger charge is 2.25. The van der Waals surface area contributed by atoms with Crippen molar-refractivity contribution in [2.75, 3.05) is 51.0 Å². The molecule has 152 valence electrons. The van der Waals surface area contributed by atoms with Crippen molar-refractivity contribution in [1.29, 1.82) is 0 Å². The highest BCUT2D eigenvalue weighted by molar-refractivity contribution is 7.09. The van der Waals surface area contributed by atoms with E-state index in [1.165, 1.54) is 11.3 Å². The summed E-state index contributed by atoms with van der Waals surface area (Å²) in [6.45, 7) is 4.27. The number of fused-ring (bicyclic) bond motifs is 1. The highest BCUT2D eigenvalue weighted by atomic mass is 32.1. The summed E-state index contributed by atoms with van der Waals surface area (Å²) in [5, 5.41) is 3.40. The lowest BCUT2D eigenvalue weighted by Gasteiger charge is -2.34. The number of piperazine rings is 1. The molecule has 4 rings (SSSR count). The molecule has 1 saturated heterocycles. The molecule has 0 radical (unpaired) electrons. The molecule has 0 atom stereocenters. The second-order valence-electron chi connectivity index (χ2n) is 6.66. The summed E-state index contributed by atoms with van der Waals surface area (Å²) in [5.74, 6) is 2.04. The quantitative estimate of drug-likeness (QED) is 0.690. The first-order valence-electron chi connectivity index (χ1n) is 9.15. The number of hydrogen-bond donors (Lipinski definition) is 1. The number of hydrogen-bond acceptors (Lipinski definition) is 9. The van der Waals surface area contributed by atoms with Gasteiger partial charge in [0.15, 0.2) is 11.5 Å². The third-order valence-electron chi connectivity index (χ3n) is 4.91.